The molecule has 1 aliphatic heterocycles. The Morgan fingerprint density at radius 3 is 2.41 bits per heavy atom. The molecule has 54 heavy (non-hydrogen) atoms. The van der Waals surface area contributed by atoms with Gasteiger partial charge in [0.15, 0.2) is 0 Å². The Kier molecular flexibility index (Phi) is 12.9. The topological polar surface area (TPSA) is 136 Å². The van der Waals surface area contributed by atoms with Crippen LogP contribution in [0.15, 0.2) is 54.6 Å². The number of esters is 1. The maximum Gasteiger partial charge on any atom is 0.511 e. The summed E-state index contributed by atoms with van der Waals surface area (Å²) in [6, 6.07) is 10.6. The molecule has 0 spiro atoms. The number of rotatable bonds is 11. The van der Waals surface area contributed by atoms with Gasteiger partial charge in [0.1, 0.15) is 23.5 Å². The normalized spacial score (nSPS) is 22.2. The maximum atomic E-state index is 16.1. The van der Waals surface area contributed by atoms with Gasteiger partial charge in [0.25, 0.3) is 0 Å². The van der Waals surface area contributed by atoms with Crippen molar-refractivity contribution in [1.82, 2.24) is 5.32 Å². The Morgan fingerprint density at radius 1 is 1.04 bits per heavy atom. The summed E-state index contributed by atoms with van der Waals surface area (Å²) in [5.74, 6) is -4.10. The third-order valence-corrected chi connectivity index (χ3v) is 10.4. The molecule has 10 nitrogen and oxygen atoms in total. The van der Waals surface area contributed by atoms with Crippen LogP contribution in [-0.4, -0.2) is 55.8 Å². The summed E-state index contributed by atoms with van der Waals surface area (Å²) in [5, 5.41) is 14.9. The molecule has 1 saturated heterocycles. The van der Waals surface area contributed by atoms with Gasteiger partial charge in [-0.05, 0) is 79.5 Å². The smallest absolute Gasteiger partial charge is 0.495 e. The highest BCUT2D eigenvalue weighted by atomic mass is 35.5. The van der Waals surface area contributed by atoms with Crippen molar-refractivity contribution in [2.75, 3.05) is 12.4 Å². The number of carbonyl (C=O) groups excluding carboxylic acids is 3. The summed E-state index contributed by atoms with van der Waals surface area (Å²) >= 11 is 12.4. The van der Waals surface area contributed by atoms with E-state index >= 15 is 8.78 Å². The molecule has 3 aromatic carbocycles. The van der Waals surface area contributed by atoms with Crippen molar-refractivity contribution in [3.8, 4) is 5.75 Å². The number of benzene rings is 3. The quantitative estimate of drug-likeness (QED) is 0.0994. The monoisotopic (exact) mass is 787 g/mol. The number of carbonyl (C=O) groups is 3. The molecule has 1 aliphatic carbocycles. The molecule has 1 heterocycles. The van der Waals surface area contributed by atoms with Crippen LogP contribution in [0.2, 0.25) is 10.0 Å². The first kappa shape index (κ1) is 40.9. The molecule has 0 radical (unpaired) electrons. The first-order valence-corrected chi connectivity index (χ1v) is 18.6. The van der Waals surface area contributed by atoms with Crippen LogP contribution in [0.3, 0.4) is 0 Å². The fourth-order valence-electron chi connectivity index (χ4n) is 7.53. The predicted octanol–water partition coefficient (Wildman–Crippen LogP) is 9.36. The number of hydrogen-bond acceptors (Lipinski definition) is 9. The molecular weight excluding hydrogens is 743 g/mol. The molecule has 3 N–H and O–H groups in total. The number of anilines is 1. The van der Waals surface area contributed by atoms with Crippen LogP contribution < -0.4 is 15.4 Å². The molecule has 290 valence electrons. The van der Waals surface area contributed by atoms with E-state index in [4.69, 9.17) is 47.6 Å². The van der Waals surface area contributed by atoms with Gasteiger partial charge >= 0.3 is 12.1 Å². The van der Waals surface area contributed by atoms with Gasteiger partial charge in [-0.25, -0.2) is 18.4 Å². The van der Waals surface area contributed by atoms with Gasteiger partial charge in [-0.15, -0.1) is 0 Å². The number of nitrogens with one attached hydrogen (secondary N) is 3. The average Bonchev–Trinajstić information content (AvgIpc) is 3.42. The van der Waals surface area contributed by atoms with Crippen molar-refractivity contribution in [3.05, 3.63) is 93.0 Å². The Hall–Kier alpha value is -4.26. The van der Waals surface area contributed by atoms with E-state index in [0.29, 0.717) is 6.42 Å². The SMILES string of the molecule is COc1cc(C(=O)OC(C)OC(=O)OC2CCCCC2)ccc1NC(=O)[C@@H]1NC(CC(C)(C)C)[C@](C=N)(c2ccc(Cl)cc2F)C1c1cccc(Cl)c1F. The Labute approximate surface area is 323 Å². The fraction of sp³-hybridized carbons (Fsp3) is 0.450. The number of methoxy groups -OCH3 is 1. The van der Waals surface area contributed by atoms with Crippen LogP contribution in [0.4, 0.5) is 19.3 Å². The zero-order chi connectivity index (χ0) is 39.4. The molecular formula is C40H45Cl2F2N3O7. The molecule has 2 fully saturated rings. The number of amides is 1. The van der Waals surface area contributed by atoms with E-state index in [1.54, 1.807) is 0 Å². The van der Waals surface area contributed by atoms with Crippen LogP contribution in [-0.2, 0) is 24.4 Å². The molecule has 3 aromatic rings. The molecule has 5 atom stereocenters. The highest BCUT2D eigenvalue weighted by Crippen LogP contribution is 2.52. The standard InChI is InChI=1S/C40H45Cl2F2N3O7/c1-22(53-38(50)54-25-10-7-6-8-11-25)52-37(49)23-14-17-30(31(18-23)51-5)46-36(48)35-33(26-12-9-13-28(42)34(26)44)40(21-45,32(47-35)20-39(2,3)4)27-16-15-24(41)19-29(27)43/h9,12-19,21-22,25,32-33,35,45,47H,6-8,10-11,20H2,1-5H3,(H,46,48)/t22?,32?,33?,35-,40+/m1/s1. The minimum absolute atomic E-state index is 0.00780. The van der Waals surface area contributed by atoms with Crippen LogP contribution in [0, 0.1) is 22.5 Å². The maximum absolute atomic E-state index is 16.1. The molecule has 1 saturated carbocycles. The molecule has 3 unspecified atom stereocenters. The van der Waals surface area contributed by atoms with Crippen molar-refractivity contribution >= 4 is 53.1 Å². The summed E-state index contributed by atoms with van der Waals surface area (Å²) in [7, 11) is 1.34. The second-order valence-corrected chi connectivity index (χ2v) is 15.8. The molecule has 5 rings (SSSR count). The molecule has 14 heteroatoms. The fourth-order valence-corrected chi connectivity index (χ4v) is 7.87. The molecule has 0 aromatic heterocycles. The Balaban J connectivity index is 1.44. The van der Waals surface area contributed by atoms with Gasteiger partial charge in [0, 0.05) is 35.7 Å². The zero-order valence-electron chi connectivity index (χ0n) is 30.8. The largest absolute Gasteiger partial charge is 0.511 e. The lowest BCUT2D eigenvalue weighted by Gasteiger charge is -2.40. The Bertz CT molecular complexity index is 1880. The second-order valence-electron chi connectivity index (χ2n) is 14.9. The number of hydrogen-bond donors (Lipinski definition) is 3. The minimum atomic E-state index is -1.59. The van der Waals surface area contributed by atoms with E-state index in [2.05, 4.69) is 10.6 Å². The highest BCUT2D eigenvalue weighted by Gasteiger charge is 2.59. The minimum Gasteiger partial charge on any atom is -0.495 e. The van der Waals surface area contributed by atoms with Gasteiger partial charge in [0.2, 0.25) is 12.2 Å². The lowest BCUT2D eigenvalue weighted by Crippen LogP contribution is -2.46. The first-order valence-electron chi connectivity index (χ1n) is 17.8. The van der Waals surface area contributed by atoms with E-state index in [9.17, 15) is 14.4 Å². The van der Waals surface area contributed by atoms with Crippen LogP contribution in [0.1, 0.15) is 93.6 Å². The lowest BCUT2D eigenvalue weighted by atomic mass is 9.62. The van der Waals surface area contributed by atoms with Crippen molar-refractivity contribution in [2.24, 2.45) is 5.41 Å². The van der Waals surface area contributed by atoms with Crippen molar-refractivity contribution in [3.63, 3.8) is 0 Å². The van der Waals surface area contributed by atoms with E-state index in [0.717, 1.165) is 44.4 Å². The van der Waals surface area contributed by atoms with Crippen LogP contribution in [0.5, 0.6) is 5.75 Å². The van der Waals surface area contributed by atoms with Crippen LogP contribution >= 0.6 is 23.2 Å². The number of halogens is 4. The van der Waals surface area contributed by atoms with E-state index < -0.39 is 59.4 Å². The van der Waals surface area contributed by atoms with Gasteiger partial charge in [-0.2, -0.15) is 0 Å². The van der Waals surface area contributed by atoms with Crippen molar-refractivity contribution < 1.29 is 42.1 Å². The molecule has 2 aliphatic rings. The summed E-state index contributed by atoms with van der Waals surface area (Å²) in [6.45, 7) is 7.29. The van der Waals surface area contributed by atoms with E-state index in [1.807, 2.05) is 20.8 Å². The zero-order valence-corrected chi connectivity index (χ0v) is 32.3. The van der Waals surface area contributed by atoms with Gasteiger partial charge in [-0.3, -0.25) is 4.79 Å². The third-order valence-electron chi connectivity index (χ3n) is 9.90. The van der Waals surface area contributed by atoms with Crippen LogP contribution in [0.25, 0.3) is 0 Å². The van der Waals surface area contributed by atoms with E-state index in [1.165, 1.54) is 62.6 Å². The average molecular weight is 789 g/mol. The van der Waals surface area contributed by atoms with Crippen molar-refractivity contribution in [1.29, 1.82) is 5.41 Å². The lowest BCUT2D eigenvalue weighted by molar-refractivity contribution is -0.118. The number of ether oxygens (including phenoxy) is 4. The molecule has 0 bridgehead atoms. The second kappa shape index (κ2) is 17.0. The van der Waals surface area contributed by atoms with Gasteiger partial charge in [-0.1, -0.05) is 68.6 Å². The van der Waals surface area contributed by atoms with Gasteiger partial charge in [0.05, 0.1) is 34.8 Å². The predicted molar refractivity (Wildman–Crippen MR) is 202 cm³/mol. The summed E-state index contributed by atoms with van der Waals surface area (Å²) < 4.78 is 53.4. The highest BCUT2D eigenvalue weighted by molar-refractivity contribution is 6.31. The molecule has 1 amide bonds. The van der Waals surface area contributed by atoms with Crippen molar-refractivity contribution in [2.45, 2.75) is 102 Å². The summed E-state index contributed by atoms with van der Waals surface area (Å²) in [5.41, 5.74) is -1.72. The summed E-state index contributed by atoms with van der Waals surface area (Å²) in [4.78, 5) is 39.7. The van der Waals surface area contributed by atoms with Gasteiger partial charge < -0.3 is 35.0 Å². The first-order chi connectivity index (χ1) is 25.6. The van der Waals surface area contributed by atoms with E-state index in [-0.39, 0.29) is 49.7 Å². The summed E-state index contributed by atoms with van der Waals surface area (Å²) in [6.07, 6.45) is 3.54. The third kappa shape index (κ3) is 8.98. The Morgan fingerprint density at radius 2 is 1.76 bits per heavy atom.